The van der Waals surface area contributed by atoms with Gasteiger partial charge in [0.05, 0.1) is 6.04 Å². The van der Waals surface area contributed by atoms with E-state index in [1.807, 2.05) is 0 Å². The predicted molar refractivity (Wildman–Crippen MR) is 90.7 cm³/mol. The van der Waals surface area contributed by atoms with Crippen molar-refractivity contribution in [1.82, 2.24) is 5.32 Å². The molecule has 2 aromatic rings. The lowest BCUT2D eigenvalue weighted by Gasteiger charge is -2.29. The first-order chi connectivity index (χ1) is 9.95. The summed E-state index contributed by atoms with van der Waals surface area (Å²) in [6, 6.07) is 9.03. The van der Waals surface area contributed by atoms with Crippen molar-refractivity contribution in [2.24, 2.45) is 5.41 Å². The number of fused-ring (bicyclic) bond motifs is 1. The lowest BCUT2D eigenvalue weighted by Crippen LogP contribution is -2.32. The Morgan fingerprint density at radius 1 is 1.10 bits per heavy atom. The van der Waals surface area contributed by atoms with Crippen molar-refractivity contribution in [3.05, 3.63) is 35.6 Å². The highest BCUT2D eigenvalue weighted by Gasteiger charge is 2.28. The minimum Gasteiger partial charge on any atom is -0.459 e. The third-order valence-corrected chi connectivity index (χ3v) is 3.89. The topological polar surface area (TPSA) is 25.2 Å². The summed E-state index contributed by atoms with van der Waals surface area (Å²) in [7, 11) is 0. The molecule has 21 heavy (non-hydrogen) atoms. The van der Waals surface area contributed by atoms with Gasteiger partial charge >= 0.3 is 0 Å². The second kappa shape index (κ2) is 6.65. The Morgan fingerprint density at radius 2 is 1.86 bits per heavy atom. The number of hydrogen-bond acceptors (Lipinski definition) is 2. The van der Waals surface area contributed by atoms with Gasteiger partial charge in [0.1, 0.15) is 11.3 Å². The fraction of sp³-hybridized carbons (Fsp3) is 0.579. The van der Waals surface area contributed by atoms with Crippen molar-refractivity contribution in [1.29, 1.82) is 0 Å². The van der Waals surface area contributed by atoms with Crippen LogP contribution in [0.4, 0.5) is 0 Å². The molecular weight excluding hydrogens is 258 g/mol. The summed E-state index contributed by atoms with van der Waals surface area (Å²) in [5, 5.41) is 4.86. The molecule has 0 amide bonds. The highest BCUT2D eigenvalue weighted by molar-refractivity contribution is 5.78. The smallest absolute Gasteiger partial charge is 0.134 e. The Labute approximate surface area is 128 Å². The fourth-order valence-electron chi connectivity index (χ4n) is 2.82. The Morgan fingerprint density at radius 3 is 2.48 bits per heavy atom. The highest BCUT2D eigenvalue weighted by atomic mass is 16.3. The minimum atomic E-state index is 0.134. The molecule has 0 fully saturated rings. The number of furan rings is 1. The molecule has 2 nitrogen and oxygen atoms in total. The van der Waals surface area contributed by atoms with Crippen molar-refractivity contribution in [2.75, 3.05) is 6.54 Å². The molecule has 0 aliphatic carbocycles. The molecule has 1 aromatic carbocycles. The van der Waals surface area contributed by atoms with E-state index < -0.39 is 0 Å². The number of rotatable bonds is 6. The zero-order valence-electron chi connectivity index (χ0n) is 14.1. The van der Waals surface area contributed by atoms with Crippen LogP contribution in [0, 0.1) is 5.41 Å². The zero-order valence-corrected chi connectivity index (χ0v) is 14.1. The molecule has 0 saturated carbocycles. The van der Waals surface area contributed by atoms with Crippen LogP contribution in [0.5, 0.6) is 0 Å². The van der Waals surface area contributed by atoms with Gasteiger partial charge in [0.15, 0.2) is 0 Å². The van der Waals surface area contributed by atoms with Gasteiger partial charge in [-0.3, -0.25) is 0 Å². The molecule has 2 rings (SSSR count). The van der Waals surface area contributed by atoms with Gasteiger partial charge in [-0.1, -0.05) is 47.1 Å². The summed E-state index contributed by atoms with van der Waals surface area (Å²) in [6.45, 7) is 12.2. The van der Waals surface area contributed by atoms with Gasteiger partial charge in [-0.2, -0.15) is 0 Å². The first-order valence-corrected chi connectivity index (χ1v) is 8.21. The predicted octanol–water partition coefficient (Wildman–Crippen LogP) is 5.47. The Balaban J connectivity index is 2.34. The summed E-state index contributed by atoms with van der Waals surface area (Å²) in [4.78, 5) is 0. The Bertz CT molecular complexity index is 577. The van der Waals surface area contributed by atoms with Gasteiger partial charge in [0, 0.05) is 5.39 Å². The molecule has 116 valence electrons. The van der Waals surface area contributed by atoms with E-state index in [1.54, 1.807) is 0 Å². The number of hydrogen-bond donors (Lipinski definition) is 1. The van der Waals surface area contributed by atoms with Crippen LogP contribution in [0.1, 0.15) is 64.8 Å². The normalized spacial score (nSPS) is 13.8. The van der Waals surface area contributed by atoms with Gasteiger partial charge in [-0.05, 0) is 48.6 Å². The highest BCUT2D eigenvalue weighted by Crippen LogP contribution is 2.35. The molecule has 0 saturated heterocycles. The molecule has 1 unspecified atom stereocenters. The zero-order chi connectivity index (χ0) is 15.5. The van der Waals surface area contributed by atoms with Crippen molar-refractivity contribution in [2.45, 2.75) is 59.9 Å². The van der Waals surface area contributed by atoms with Crippen LogP contribution < -0.4 is 5.32 Å². The molecule has 0 spiro atoms. The van der Waals surface area contributed by atoms with Crippen molar-refractivity contribution in [3.63, 3.8) is 0 Å². The van der Waals surface area contributed by atoms with Crippen LogP contribution in [-0.4, -0.2) is 6.54 Å². The summed E-state index contributed by atoms with van der Waals surface area (Å²) in [6.07, 6.45) is 3.44. The molecule has 0 aliphatic heterocycles. The maximum Gasteiger partial charge on any atom is 0.134 e. The second-order valence-electron chi connectivity index (χ2n) is 7.02. The monoisotopic (exact) mass is 287 g/mol. The van der Waals surface area contributed by atoms with E-state index in [1.165, 1.54) is 17.4 Å². The molecular formula is C19H29NO. The van der Waals surface area contributed by atoms with Crippen LogP contribution in [0.25, 0.3) is 11.0 Å². The number of benzene rings is 1. The quantitative estimate of drug-likeness (QED) is 0.762. The number of nitrogens with one attached hydrogen (secondary N) is 1. The Kier molecular flexibility index (Phi) is 5.10. The molecule has 1 atom stereocenters. The van der Waals surface area contributed by atoms with Crippen LogP contribution in [0.15, 0.2) is 28.7 Å². The second-order valence-corrected chi connectivity index (χ2v) is 7.02. The number of aryl methyl sites for hydroxylation is 1. The standard InChI is InChI=1S/C19H29NO/c1-6-8-14-9-10-16-15(12-14)13-17(21-16)18(19(3,4)5)20-11-7-2/h9-10,12-13,18,20H,6-8,11H2,1-5H3. The van der Waals surface area contributed by atoms with Gasteiger partial charge in [0.2, 0.25) is 0 Å². The summed E-state index contributed by atoms with van der Waals surface area (Å²) < 4.78 is 6.12. The maximum atomic E-state index is 6.12. The summed E-state index contributed by atoms with van der Waals surface area (Å²) >= 11 is 0. The molecule has 0 bridgehead atoms. The van der Waals surface area contributed by atoms with E-state index in [0.717, 1.165) is 30.7 Å². The van der Waals surface area contributed by atoms with Gasteiger partial charge in [-0.15, -0.1) is 0 Å². The van der Waals surface area contributed by atoms with Crippen LogP contribution in [-0.2, 0) is 6.42 Å². The van der Waals surface area contributed by atoms with Gasteiger partial charge < -0.3 is 9.73 Å². The molecule has 1 N–H and O–H groups in total. The summed E-state index contributed by atoms with van der Waals surface area (Å²) in [5.74, 6) is 1.06. The van der Waals surface area contributed by atoms with E-state index in [9.17, 15) is 0 Å². The average Bonchev–Trinajstić information content (AvgIpc) is 2.80. The Hall–Kier alpha value is -1.28. The van der Waals surface area contributed by atoms with Crippen LogP contribution in [0.3, 0.4) is 0 Å². The van der Waals surface area contributed by atoms with Gasteiger partial charge in [0.25, 0.3) is 0 Å². The molecule has 0 aliphatic rings. The van der Waals surface area contributed by atoms with Crippen LogP contribution >= 0.6 is 0 Å². The van der Waals surface area contributed by atoms with Crippen molar-refractivity contribution in [3.8, 4) is 0 Å². The van der Waals surface area contributed by atoms with Crippen molar-refractivity contribution >= 4 is 11.0 Å². The van der Waals surface area contributed by atoms with E-state index in [-0.39, 0.29) is 11.5 Å². The van der Waals surface area contributed by atoms with E-state index >= 15 is 0 Å². The third-order valence-electron chi connectivity index (χ3n) is 3.89. The first kappa shape index (κ1) is 16.1. The van der Waals surface area contributed by atoms with Crippen molar-refractivity contribution < 1.29 is 4.42 Å². The lowest BCUT2D eigenvalue weighted by molar-refractivity contribution is 0.242. The molecule has 2 heteroatoms. The van der Waals surface area contributed by atoms with Gasteiger partial charge in [-0.25, -0.2) is 0 Å². The lowest BCUT2D eigenvalue weighted by atomic mass is 9.85. The largest absolute Gasteiger partial charge is 0.459 e. The molecule has 0 radical (unpaired) electrons. The summed E-state index contributed by atoms with van der Waals surface area (Å²) in [5.41, 5.74) is 2.53. The minimum absolute atomic E-state index is 0.134. The van der Waals surface area contributed by atoms with E-state index in [4.69, 9.17) is 4.42 Å². The average molecular weight is 287 g/mol. The first-order valence-electron chi connectivity index (χ1n) is 8.21. The SMILES string of the molecule is CCCNC(c1cc2cc(CCC)ccc2o1)C(C)(C)C. The van der Waals surface area contributed by atoms with E-state index in [2.05, 4.69) is 64.2 Å². The fourth-order valence-corrected chi connectivity index (χ4v) is 2.82. The van der Waals surface area contributed by atoms with E-state index in [0.29, 0.717) is 0 Å². The maximum absolute atomic E-state index is 6.12. The third kappa shape index (κ3) is 3.88. The molecule has 1 heterocycles. The molecule has 1 aromatic heterocycles. The van der Waals surface area contributed by atoms with Crippen LogP contribution in [0.2, 0.25) is 0 Å².